The van der Waals surface area contributed by atoms with Crippen LogP contribution in [0.3, 0.4) is 0 Å². The summed E-state index contributed by atoms with van der Waals surface area (Å²) in [4.78, 5) is 8.98. The summed E-state index contributed by atoms with van der Waals surface area (Å²) in [6.07, 6.45) is 0. The molecule has 0 aliphatic carbocycles. The van der Waals surface area contributed by atoms with Crippen LogP contribution >= 0.6 is 35.0 Å². The third kappa shape index (κ3) is 2.27. The highest BCUT2D eigenvalue weighted by Gasteiger charge is 2.21. The van der Waals surface area contributed by atoms with Gasteiger partial charge in [-0.15, -0.1) is 0 Å². The fraction of sp³-hybridized carbons (Fsp3) is 0.167. The van der Waals surface area contributed by atoms with Crippen LogP contribution in [0.15, 0.2) is 18.2 Å². The lowest BCUT2D eigenvalue weighted by Crippen LogP contribution is -2.13. The van der Waals surface area contributed by atoms with Crippen molar-refractivity contribution in [2.24, 2.45) is 5.84 Å². The molecule has 3 rings (SSSR count). The minimum atomic E-state index is 0.504. The number of benzene rings is 1. The number of hydrazine groups is 1. The predicted molar refractivity (Wildman–Crippen MR) is 80.3 cm³/mol. The standard InChI is InChI=1S/C12H10Cl2N4S/c13-7-2-1-3-8(14)10(7)12-16-9-5-19-4-6(9)11(17-12)18-15/h1-3H,4-5,15H2,(H,16,17,18). The predicted octanol–water partition coefficient (Wildman–Crippen LogP) is 3.48. The van der Waals surface area contributed by atoms with Gasteiger partial charge in [0.15, 0.2) is 5.82 Å². The summed E-state index contributed by atoms with van der Waals surface area (Å²) in [6.45, 7) is 0. The molecule has 7 heteroatoms. The minimum Gasteiger partial charge on any atom is -0.308 e. The zero-order valence-electron chi connectivity index (χ0n) is 9.78. The van der Waals surface area contributed by atoms with Gasteiger partial charge < -0.3 is 5.43 Å². The van der Waals surface area contributed by atoms with Gasteiger partial charge in [0.25, 0.3) is 0 Å². The number of nitrogens with one attached hydrogen (secondary N) is 1. The monoisotopic (exact) mass is 312 g/mol. The summed E-state index contributed by atoms with van der Waals surface area (Å²) >= 11 is 14.2. The zero-order chi connectivity index (χ0) is 13.4. The van der Waals surface area contributed by atoms with Gasteiger partial charge in [0.2, 0.25) is 0 Å². The molecule has 2 heterocycles. The first-order chi connectivity index (χ1) is 9.20. The van der Waals surface area contributed by atoms with Crippen molar-refractivity contribution < 1.29 is 0 Å². The van der Waals surface area contributed by atoms with Crippen LogP contribution in [-0.4, -0.2) is 9.97 Å². The molecule has 0 saturated heterocycles. The van der Waals surface area contributed by atoms with Gasteiger partial charge in [0.05, 0.1) is 21.3 Å². The van der Waals surface area contributed by atoms with Gasteiger partial charge in [-0.3, -0.25) is 0 Å². The highest BCUT2D eigenvalue weighted by molar-refractivity contribution is 7.98. The van der Waals surface area contributed by atoms with Crippen LogP contribution in [0.1, 0.15) is 11.3 Å². The Bertz CT molecular complexity index is 628. The average Bonchev–Trinajstić information content (AvgIpc) is 2.85. The van der Waals surface area contributed by atoms with E-state index in [1.165, 1.54) is 0 Å². The number of aromatic nitrogens is 2. The molecule has 3 N–H and O–H groups in total. The van der Waals surface area contributed by atoms with Gasteiger partial charge in [-0.05, 0) is 12.1 Å². The fourth-order valence-corrected chi connectivity index (χ4v) is 3.60. The Morgan fingerprint density at radius 3 is 2.58 bits per heavy atom. The van der Waals surface area contributed by atoms with Crippen LogP contribution in [0.25, 0.3) is 11.4 Å². The Morgan fingerprint density at radius 1 is 1.16 bits per heavy atom. The van der Waals surface area contributed by atoms with E-state index in [0.29, 0.717) is 27.3 Å². The van der Waals surface area contributed by atoms with Crippen molar-refractivity contribution in [3.8, 4) is 11.4 Å². The smallest absolute Gasteiger partial charge is 0.164 e. The third-order valence-corrected chi connectivity index (χ3v) is 4.50. The zero-order valence-corrected chi connectivity index (χ0v) is 12.1. The second kappa shape index (κ2) is 5.17. The number of halogens is 2. The Labute approximate surface area is 124 Å². The van der Waals surface area contributed by atoms with Crippen LogP contribution in [0.4, 0.5) is 5.82 Å². The SMILES string of the molecule is NNc1nc(-c2c(Cl)cccc2Cl)nc2c1CSC2. The lowest BCUT2D eigenvalue weighted by Gasteiger charge is -2.10. The molecule has 0 fully saturated rings. The first kappa shape index (κ1) is 13.0. The molecule has 98 valence electrons. The molecule has 1 aliphatic rings. The third-order valence-electron chi connectivity index (χ3n) is 2.90. The molecule has 0 saturated carbocycles. The van der Waals surface area contributed by atoms with Gasteiger partial charge in [0, 0.05) is 17.1 Å². The molecule has 1 aliphatic heterocycles. The molecule has 4 nitrogen and oxygen atoms in total. The number of nitrogens with two attached hydrogens (primary N) is 1. The van der Waals surface area contributed by atoms with Crippen molar-refractivity contribution in [1.82, 2.24) is 9.97 Å². The summed E-state index contributed by atoms with van der Waals surface area (Å²) in [5.74, 6) is 8.39. The Kier molecular flexibility index (Phi) is 3.54. The van der Waals surface area contributed by atoms with E-state index in [1.54, 1.807) is 30.0 Å². The average molecular weight is 313 g/mol. The Balaban J connectivity index is 2.21. The molecular weight excluding hydrogens is 303 g/mol. The highest BCUT2D eigenvalue weighted by atomic mass is 35.5. The van der Waals surface area contributed by atoms with Crippen molar-refractivity contribution in [2.75, 3.05) is 5.43 Å². The van der Waals surface area contributed by atoms with Crippen LogP contribution in [0.2, 0.25) is 10.0 Å². The van der Waals surface area contributed by atoms with Gasteiger partial charge in [-0.2, -0.15) is 11.8 Å². The molecular formula is C12H10Cl2N4S. The van der Waals surface area contributed by atoms with E-state index in [-0.39, 0.29) is 0 Å². The molecule has 0 atom stereocenters. The van der Waals surface area contributed by atoms with Crippen molar-refractivity contribution in [2.45, 2.75) is 11.5 Å². The molecule has 0 unspecified atom stereocenters. The van der Waals surface area contributed by atoms with E-state index in [2.05, 4.69) is 15.4 Å². The largest absolute Gasteiger partial charge is 0.308 e. The lowest BCUT2D eigenvalue weighted by atomic mass is 10.2. The number of thioether (sulfide) groups is 1. The Hall–Kier alpha value is -1.01. The van der Waals surface area contributed by atoms with E-state index < -0.39 is 0 Å². The Morgan fingerprint density at radius 2 is 1.89 bits per heavy atom. The second-order valence-corrected chi connectivity index (χ2v) is 5.85. The summed E-state index contributed by atoms with van der Waals surface area (Å²) in [5, 5.41) is 1.06. The topological polar surface area (TPSA) is 63.8 Å². The van der Waals surface area contributed by atoms with E-state index in [4.69, 9.17) is 29.0 Å². The quantitative estimate of drug-likeness (QED) is 0.656. The number of fused-ring (bicyclic) bond motifs is 1. The molecule has 0 bridgehead atoms. The van der Waals surface area contributed by atoms with Crippen molar-refractivity contribution in [3.05, 3.63) is 39.5 Å². The summed E-state index contributed by atoms with van der Waals surface area (Å²) in [5.41, 5.74) is 5.31. The first-order valence-corrected chi connectivity index (χ1v) is 7.50. The maximum atomic E-state index is 6.19. The molecule has 0 amide bonds. The molecule has 0 radical (unpaired) electrons. The van der Waals surface area contributed by atoms with Gasteiger partial charge in [-0.1, -0.05) is 29.3 Å². The van der Waals surface area contributed by atoms with E-state index >= 15 is 0 Å². The summed E-state index contributed by atoms with van der Waals surface area (Å²) in [7, 11) is 0. The maximum absolute atomic E-state index is 6.19. The maximum Gasteiger partial charge on any atom is 0.164 e. The van der Waals surface area contributed by atoms with Crippen molar-refractivity contribution in [1.29, 1.82) is 0 Å². The van der Waals surface area contributed by atoms with E-state index in [9.17, 15) is 0 Å². The van der Waals surface area contributed by atoms with Crippen LogP contribution in [-0.2, 0) is 11.5 Å². The molecule has 19 heavy (non-hydrogen) atoms. The van der Waals surface area contributed by atoms with Crippen LogP contribution < -0.4 is 11.3 Å². The van der Waals surface area contributed by atoms with Crippen molar-refractivity contribution in [3.63, 3.8) is 0 Å². The van der Waals surface area contributed by atoms with Crippen molar-refractivity contribution >= 4 is 40.8 Å². The first-order valence-electron chi connectivity index (χ1n) is 5.59. The number of rotatable bonds is 2. The second-order valence-electron chi connectivity index (χ2n) is 4.05. The molecule has 0 spiro atoms. The lowest BCUT2D eigenvalue weighted by molar-refractivity contribution is 1.06. The highest BCUT2D eigenvalue weighted by Crippen LogP contribution is 2.37. The number of anilines is 1. The van der Waals surface area contributed by atoms with Gasteiger partial charge >= 0.3 is 0 Å². The van der Waals surface area contributed by atoms with E-state index in [0.717, 1.165) is 22.8 Å². The number of hydrogen-bond acceptors (Lipinski definition) is 5. The summed E-state index contributed by atoms with van der Waals surface area (Å²) < 4.78 is 0. The number of hydrogen-bond donors (Lipinski definition) is 2. The molecule has 2 aromatic rings. The fourth-order valence-electron chi connectivity index (χ4n) is 1.99. The van der Waals surface area contributed by atoms with Gasteiger partial charge in [-0.25, -0.2) is 15.8 Å². The molecule has 1 aromatic heterocycles. The van der Waals surface area contributed by atoms with Crippen LogP contribution in [0, 0.1) is 0 Å². The minimum absolute atomic E-state index is 0.504. The molecule has 1 aromatic carbocycles. The van der Waals surface area contributed by atoms with Crippen LogP contribution in [0.5, 0.6) is 0 Å². The normalized spacial score (nSPS) is 13.4. The number of nitrogen functional groups attached to an aromatic ring is 1. The van der Waals surface area contributed by atoms with E-state index in [1.807, 2.05) is 0 Å². The summed E-state index contributed by atoms with van der Waals surface area (Å²) in [6, 6.07) is 5.33. The van der Waals surface area contributed by atoms with Gasteiger partial charge in [0.1, 0.15) is 5.82 Å². The number of nitrogens with zero attached hydrogens (tertiary/aromatic N) is 2.